The topological polar surface area (TPSA) is 50.4 Å². The van der Waals surface area contributed by atoms with Crippen LogP contribution in [0.25, 0.3) is 0 Å². The van der Waals surface area contributed by atoms with Gasteiger partial charge in [-0.2, -0.15) is 0 Å². The van der Waals surface area contributed by atoms with Crippen LogP contribution in [0, 0.1) is 5.92 Å². The number of rotatable bonds is 4. The monoisotopic (exact) mass is 200 g/mol. The number of carbonyl (C=O) groups is 1. The van der Waals surface area contributed by atoms with Crippen molar-refractivity contribution in [3.8, 4) is 0 Å². The maximum Gasteiger partial charge on any atom is 0.314 e. The van der Waals surface area contributed by atoms with Crippen molar-refractivity contribution in [3.05, 3.63) is 0 Å². The summed E-state index contributed by atoms with van der Waals surface area (Å²) in [5.74, 6) is 0.801. The third-order valence-electron chi connectivity index (χ3n) is 2.64. The second-order valence-electron chi connectivity index (χ2n) is 3.70. The minimum atomic E-state index is -0.0861. The largest absolute Gasteiger partial charge is 0.381 e. The predicted octanol–water partition coefficient (Wildman–Crippen LogP) is 1.12. The molecule has 0 aromatic carbocycles. The molecule has 82 valence electrons. The number of urea groups is 1. The second-order valence-corrected chi connectivity index (χ2v) is 3.70. The molecule has 2 N–H and O–H groups in total. The van der Waals surface area contributed by atoms with Crippen LogP contribution in [0.1, 0.15) is 25.7 Å². The molecule has 0 spiro atoms. The lowest BCUT2D eigenvalue weighted by Crippen LogP contribution is -2.33. The Morgan fingerprint density at radius 2 is 2.14 bits per heavy atom. The van der Waals surface area contributed by atoms with Gasteiger partial charge in [0.15, 0.2) is 0 Å². The van der Waals surface area contributed by atoms with Crippen LogP contribution < -0.4 is 10.6 Å². The third-order valence-corrected chi connectivity index (χ3v) is 2.64. The lowest BCUT2D eigenvalue weighted by molar-refractivity contribution is 0.0634. The number of hydrogen-bond acceptors (Lipinski definition) is 2. The quantitative estimate of drug-likeness (QED) is 0.668. The zero-order valence-electron chi connectivity index (χ0n) is 8.84. The summed E-state index contributed by atoms with van der Waals surface area (Å²) in [6.07, 6.45) is 4.63. The maximum atomic E-state index is 10.8. The number of ether oxygens (including phenoxy) is 1. The number of amides is 2. The molecule has 1 aliphatic rings. The molecule has 1 rings (SSSR count). The Labute approximate surface area is 85.4 Å². The molecule has 4 heteroatoms. The highest BCUT2D eigenvalue weighted by Gasteiger charge is 2.12. The Balaban J connectivity index is 1.94. The van der Waals surface area contributed by atoms with Gasteiger partial charge in [0.25, 0.3) is 0 Å². The van der Waals surface area contributed by atoms with Gasteiger partial charge < -0.3 is 15.4 Å². The van der Waals surface area contributed by atoms with Crippen LogP contribution in [-0.2, 0) is 4.74 Å². The average Bonchev–Trinajstić information content (AvgIpc) is 2.25. The van der Waals surface area contributed by atoms with Crippen LogP contribution in [0.3, 0.4) is 0 Å². The van der Waals surface area contributed by atoms with E-state index in [4.69, 9.17) is 4.74 Å². The molecule has 1 saturated heterocycles. The van der Waals surface area contributed by atoms with Crippen molar-refractivity contribution in [1.29, 1.82) is 0 Å². The molecule has 14 heavy (non-hydrogen) atoms. The Hall–Kier alpha value is -0.770. The Morgan fingerprint density at radius 3 is 2.79 bits per heavy atom. The fraction of sp³-hybridized carbons (Fsp3) is 0.900. The van der Waals surface area contributed by atoms with Crippen molar-refractivity contribution in [1.82, 2.24) is 10.6 Å². The highest BCUT2D eigenvalue weighted by molar-refractivity contribution is 5.73. The van der Waals surface area contributed by atoms with Crippen molar-refractivity contribution in [2.24, 2.45) is 5.92 Å². The molecular formula is C10H20N2O2. The molecule has 0 saturated carbocycles. The van der Waals surface area contributed by atoms with E-state index >= 15 is 0 Å². The minimum Gasteiger partial charge on any atom is -0.381 e. The van der Waals surface area contributed by atoms with E-state index < -0.39 is 0 Å². The van der Waals surface area contributed by atoms with Crippen LogP contribution >= 0.6 is 0 Å². The van der Waals surface area contributed by atoms with Gasteiger partial charge >= 0.3 is 6.03 Å². The molecule has 0 aromatic heterocycles. The van der Waals surface area contributed by atoms with E-state index in [-0.39, 0.29) is 6.03 Å². The van der Waals surface area contributed by atoms with Gasteiger partial charge in [-0.3, -0.25) is 0 Å². The van der Waals surface area contributed by atoms with Gasteiger partial charge in [0.2, 0.25) is 0 Å². The Morgan fingerprint density at radius 1 is 1.43 bits per heavy atom. The molecule has 1 aliphatic heterocycles. The lowest BCUT2D eigenvalue weighted by Gasteiger charge is -2.21. The Kier molecular flexibility index (Phi) is 5.37. The first-order chi connectivity index (χ1) is 6.83. The summed E-state index contributed by atoms with van der Waals surface area (Å²) in [6.45, 7) is 2.60. The van der Waals surface area contributed by atoms with Crippen LogP contribution in [-0.4, -0.2) is 32.8 Å². The molecule has 0 aliphatic carbocycles. The van der Waals surface area contributed by atoms with Gasteiger partial charge in [-0.25, -0.2) is 4.79 Å². The van der Waals surface area contributed by atoms with Crippen LogP contribution in [0.5, 0.6) is 0 Å². The lowest BCUT2D eigenvalue weighted by atomic mass is 9.95. The number of nitrogens with one attached hydrogen (secondary N) is 2. The molecule has 0 bridgehead atoms. The molecule has 0 atom stereocenters. The van der Waals surface area contributed by atoms with Gasteiger partial charge in [0, 0.05) is 26.8 Å². The first kappa shape index (κ1) is 11.3. The van der Waals surface area contributed by atoms with Crippen LogP contribution in [0.2, 0.25) is 0 Å². The highest BCUT2D eigenvalue weighted by Crippen LogP contribution is 2.19. The normalized spacial score (nSPS) is 17.8. The van der Waals surface area contributed by atoms with E-state index in [9.17, 15) is 4.79 Å². The van der Waals surface area contributed by atoms with E-state index in [0.29, 0.717) is 0 Å². The summed E-state index contributed by atoms with van der Waals surface area (Å²) >= 11 is 0. The zero-order valence-corrected chi connectivity index (χ0v) is 8.84. The van der Waals surface area contributed by atoms with Crippen molar-refractivity contribution in [2.45, 2.75) is 25.7 Å². The van der Waals surface area contributed by atoms with Gasteiger partial charge in [0.1, 0.15) is 0 Å². The van der Waals surface area contributed by atoms with E-state index in [2.05, 4.69) is 10.6 Å². The Bertz CT molecular complexity index is 168. The summed E-state index contributed by atoms with van der Waals surface area (Å²) in [7, 11) is 1.63. The molecule has 0 radical (unpaired) electrons. The number of hydrogen-bond donors (Lipinski definition) is 2. The van der Waals surface area contributed by atoms with Gasteiger partial charge in [0.05, 0.1) is 0 Å². The van der Waals surface area contributed by atoms with E-state index in [0.717, 1.165) is 32.1 Å². The zero-order chi connectivity index (χ0) is 10.2. The van der Waals surface area contributed by atoms with Gasteiger partial charge in [-0.1, -0.05) is 0 Å². The summed E-state index contributed by atoms with van der Waals surface area (Å²) in [6, 6.07) is -0.0861. The summed E-state index contributed by atoms with van der Waals surface area (Å²) < 4.78 is 5.28. The third kappa shape index (κ3) is 4.46. The fourth-order valence-corrected chi connectivity index (χ4v) is 1.72. The molecule has 0 aromatic rings. The predicted molar refractivity (Wildman–Crippen MR) is 55.2 cm³/mol. The summed E-state index contributed by atoms with van der Waals surface area (Å²) in [5.41, 5.74) is 0. The summed E-state index contributed by atoms with van der Waals surface area (Å²) in [4.78, 5) is 10.8. The van der Waals surface area contributed by atoms with Gasteiger partial charge in [-0.05, 0) is 31.6 Å². The molecule has 0 unspecified atom stereocenters. The van der Waals surface area contributed by atoms with E-state index in [1.807, 2.05) is 0 Å². The standard InChI is InChI=1S/C10H20N2O2/c1-11-10(13)12-6-2-3-9-4-7-14-8-5-9/h9H,2-8H2,1H3,(H2,11,12,13). The van der Waals surface area contributed by atoms with Crippen molar-refractivity contribution in [2.75, 3.05) is 26.8 Å². The second kappa shape index (κ2) is 6.65. The fourth-order valence-electron chi connectivity index (χ4n) is 1.72. The van der Waals surface area contributed by atoms with E-state index in [1.165, 1.54) is 19.3 Å². The first-order valence-corrected chi connectivity index (χ1v) is 5.36. The highest BCUT2D eigenvalue weighted by atomic mass is 16.5. The molecule has 2 amide bonds. The first-order valence-electron chi connectivity index (χ1n) is 5.36. The van der Waals surface area contributed by atoms with Crippen molar-refractivity contribution < 1.29 is 9.53 Å². The number of carbonyl (C=O) groups excluding carboxylic acids is 1. The van der Waals surface area contributed by atoms with Crippen molar-refractivity contribution >= 4 is 6.03 Å². The average molecular weight is 200 g/mol. The molecular weight excluding hydrogens is 180 g/mol. The smallest absolute Gasteiger partial charge is 0.314 e. The van der Waals surface area contributed by atoms with Crippen molar-refractivity contribution in [3.63, 3.8) is 0 Å². The summed E-state index contributed by atoms with van der Waals surface area (Å²) in [5, 5.41) is 5.32. The van der Waals surface area contributed by atoms with Gasteiger partial charge in [-0.15, -0.1) is 0 Å². The maximum absolute atomic E-state index is 10.8. The molecule has 1 heterocycles. The molecule has 1 fully saturated rings. The van der Waals surface area contributed by atoms with Crippen LogP contribution in [0.4, 0.5) is 4.79 Å². The van der Waals surface area contributed by atoms with Crippen LogP contribution in [0.15, 0.2) is 0 Å². The van der Waals surface area contributed by atoms with E-state index in [1.54, 1.807) is 7.05 Å². The SMILES string of the molecule is CNC(=O)NCCCC1CCOCC1. The minimum absolute atomic E-state index is 0.0861. The molecule has 4 nitrogen and oxygen atoms in total.